The molecule has 14 nitrogen and oxygen atoms in total. The van der Waals surface area contributed by atoms with E-state index in [0.29, 0.717) is 43.2 Å². The Labute approximate surface area is 255 Å². The molecule has 0 atom stereocenters. The van der Waals surface area contributed by atoms with Gasteiger partial charge in [0.05, 0.1) is 61.8 Å². The van der Waals surface area contributed by atoms with Gasteiger partial charge in [-0.15, -0.1) is 0 Å². The van der Waals surface area contributed by atoms with Crippen molar-refractivity contribution in [2.75, 3.05) is 41.4 Å². The Morgan fingerprint density at radius 2 is 1.16 bits per heavy atom. The van der Waals surface area contributed by atoms with Crippen LogP contribution in [0.1, 0.15) is 26.7 Å². The van der Waals surface area contributed by atoms with Crippen molar-refractivity contribution in [2.24, 2.45) is 0 Å². The van der Waals surface area contributed by atoms with Gasteiger partial charge in [-0.2, -0.15) is 0 Å². The number of nitrogens with zero attached hydrogens (tertiary/aromatic N) is 6. The Bertz CT molecular complexity index is 1600. The monoisotopic (exact) mass is 610 g/mol. The maximum Gasteiger partial charge on any atom is 0.414 e. The molecule has 0 unspecified atom stereocenters. The molecule has 236 valence electrons. The van der Waals surface area contributed by atoms with Gasteiger partial charge in [0.25, 0.3) is 0 Å². The average Bonchev–Trinajstić information content (AvgIpc) is 3.64. The van der Waals surface area contributed by atoms with Crippen LogP contribution in [0.3, 0.4) is 0 Å². The largest absolute Gasteiger partial charge is 0.469 e. The van der Waals surface area contributed by atoms with Crippen molar-refractivity contribution in [1.29, 1.82) is 0 Å². The fourth-order valence-electron chi connectivity index (χ4n) is 3.81. The zero-order valence-corrected chi connectivity index (χ0v) is 25.8. The zero-order valence-electron chi connectivity index (χ0n) is 25.8. The van der Waals surface area contributed by atoms with E-state index in [9.17, 15) is 19.2 Å². The fraction of sp³-hybridized carbons (Fsp3) is 0.400. The van der Waals surface area contributed by atoms with Crippen LogP contribution < -0.4 is 9.47 Å². The number of aromatic nitrogens is 4. The van der Waals surface area contributed by atoms with Gasteiger partial charge >= 0.3 is 24.1 Å². The van der Waals surface area contributed by atoms with Crippen LogP contribution in [-0.2, 0) is 32.2 Å². The van der Waals surface area contributed by atoms with E-state index in [1.54, 1.807) is 57.1 Å². The molecule has 4 aromatic rings. The van der Waals surface area contributed by atoms with E-state index < -0.39 is 12.2 Å². The van der Waals surface area contributed by atoms with E-state index in [-0.39, 0.29) is 24.8 Å². The molecular formula is C30H38N6O8. The van der Waals surface area contributed by atoms with Crippen molar-refractivity contribution < 1.29 is 38.1 Å². The first-order chi connectivity index (χ1) is 21.1. The highest BCUT2D eigenvalue weighted by Gasteiger charge is 2.13. The SMILES string of the molecule is CCN(C)C(=O)Oc1ccc2c(c1)ncn2CCC(=O)OC.CCN(C)C(=O)Oc1ccc2ncn(CCC(=O)OC)c2c1. The third-order valence-electron chi connectivity index (χ3n) is 6.74. The summed E-state index contributed by atoms with van der Waals surface area (Å²) in [5.74, 6) is 0.331. The summed E-state index contributed by atoms with van der Waals surface area (Å²) in [7, 11) is 6.06. The number of ether oxygens (including phenoxy) is 4. The normalized spacial score (nSPS) is 10.5. The quantitative estimate of drug-likeness (QED) is 0.240. The van der Waals surface area contributed by atoms with Gasteiger partial charge in [-0.3, -0.25) is 9.59 Å². The molecule has 14 heteroatoms. The number of aryl methyl sites for hydroxylation is 2. The third kappa shape index (κ3) is 8.93. The number of fused-ring (bicyclic) bond motifs is 2. The Kier molecular flexibility index (Phi) is 12.1. The highest BCUT2D eigenvalue weighted by Crippen LogP contribution is 2.22. The van der Waals surface area contributed by atoms with Crippen LogP contribution >= 0.6 is 0 Å². The first-order valence-electron chi connectivity index (χ1n) is 14.0. The number of hydrogen-bond acceptors (Lipinski definition) is 10. The Morgan fingerprint density at radius 1 is 0.682 bits per heavy atom. The molecule has 4 rings (SSSR count). The van der Waals surface area contributed by atoms with Crippen LogP contribution in [0.4, 0.5) is 9.59 Å². The average molecular weight is 611 g/mol. The predicted octanol–water partition coefficient (Wildman–Crippen LogP) is 4.10. The topological polar surface area (TPSA) is 147 Å². The van der Waals surface area contributed by atoms with Gasteiger partial charge in [0.2, 0.25) is 0 Å². The number of amides is 2. The molecule has 2 heterocycles. The summed E-state index contributed by atoms with van der Waals surface area (Å²) in [5.41, 5.74) is 3.14. The van der Waals surface area contributed by atoms with Crippen LogP contribution in [0.2, 0.25) is 0 Å². The van der Waals surface area contributed by atoms with Crippen molar-refractivity contribution in [3.63, 3.8) is 0 Å². The molecule has 2 amide bonds. The molecule has 44 heavy (non-hydrogen) atoms. The summed E-state index contributed by atoms with van der Waals surface area (Å²) in [6, 6.07) is 10.4. The second kappa shape index (κ2) is 15.9. The number of esters is 2. The molecule has 2 aromatic carbocycles. The van der Waals surface area contributed by atoms with Crippen LogP contribution in [-0.4, -0.2) is 94.4 Å². The molecule has 0 radical (unpaired) electrons. The summed E-state index contributed by atoms with van der Waals surface area (Å²) in [4.78, 5) is 57.4. The van der Waals surface area contributed by atoms with Crippen LogP contribution in [0.5, 0.6) is 11.5 Å². The van der Waals surface area contributed by atoms with E-state index in [2.05, 4.69) is 19.4 Å². The van der Waals surface area contributed by atoms with Gasteiger partial charge in [-0.1, -0.05) is 0 Å². The third-order valence-corrected chi connectivity index (χ3v) is 6.74. The molecular weight excluding hydrogens is 572 g/mol. The van der Waals surface area contributed by atoms with Crippen molar-refractivity contribution in [3.8, 4) is 11.5 Å². The van der Waals surface area contributed by atoms with Crippen molar-refractivity contribution in [3.05, 3.63) is 49.1 Å². The smallest absolute Gasteiger partial charge is 0.414 e. The molecule has 0 bridgehead atoms. The minimum absolute atomic E-state index is 0.255. The van der Waals surface area contributed by atoms with Crippen molar-refractivity contribution >= 4 is 46.2 Å². The van der Waals surface area contributed by atoms with Gasteiger partial charge in [0.15, 0.2) is 0 Å². The van der Waals surface area contributed by atoms with Gasteiger partial charge < -0.3 is 37.9 Å². The van der Waals surface area contributed by atoms with E-state index >= 15 is 0 Å². The second-order valence-electron chi connectivity index (χ2n) is 9.59. The van der Waals surface area contributed by atoms with Crippen molar-refractivity contribution in [1.82, 2.24) is 28.9 Å². The highest BCUT2D eigenvalue weighted by molar-refractivity contribution is 5.80. The molecule has 0 aliphatic carbocycles. The number of carbonyl (C=O) groups excluding carboxylic acids is 4. The number of carbonyl (C=O) groups is 4. The number of benzene rings is 2. The van der Waals surface area contributed by atoms with Crippen LogP contribution in [0.25, 0.3) is 22.1 Å². The van der Waals surface area contributed by atoms with Gasteiger partial charge in [-0.05, 0) is 38.1 Å². The first kappa shape index (κ1) is 33.4. The number of hydrogen-bond donors (Lipinski definition) is 0. The lowest BCUT2D eigenvalue weighted by Crippen LogP contribution is -2.29. The van der Waals surface area contributed by atoms with Gasteiger partial charge in [-0.25, -0.2) is 19.6 Å². The summed E-state index contributed by atoms with van der Waals surface area (Å²) in [6.07, 6.45) is 3.01. The zero-order chi connectivity index (χ0) is 32.2. The molecule has 0 aliphatic heterocycles. The molecule has 0 spiro atoms. The number of rotatable bonds is 10. The lowest BCUT2D eigenvalue weighted by atomic mass is 10.3. The van der Waals surface area contributed by atoms with E-state index in [1.165, 1.54) is 24.0 Å². The van der Waals surface area contributed by atoms with Crippen molar-refractivity contribution in [2.45, 2.75) is 39.8 Å². The molecule has 0 saturated carbocycles. The Balaban J connectivity index is 0.000000240. The fourth-order valence-corrected chi connectivity index (χ4v) is 3.81. The minimum Gasteiger partial charge on any atom is -0.469 e. The van der Waals surface area contributed by atoms with Crippen LogP contribution in [0.15, 0.2) is 49.1 Å². The van der Waals surface area contributed by atoms with Gasteiger partial charge in [0.1, 0.15) is 11.5 Å². The summed E-state index contributed by atoms with van der Waals surface area (Å²) in [5, 5.41) is 0. The lowest BCUT2D eigenvalue weighted by Gasteiger charge is -2.14. The van der Waals surface area contributed by atoms with E-state index in [0.717, 1.165) is 16.6 Å². The van der Waals surface area contributed by atoms with Crippen LogP contribution in [0, 0.1) is 0 Å². The molecule has 0 N–H and O–H groups in total. The van der Waals surface area contributed by atoms with E-state index in [1.807, 2.05) is 29.0 Å². The number of methoxy groups -OCH3 is 2. The van der Waals surface area contributed by atoms with E-state index in [4.69, 9.17) is 9.47 Å². The van der Waals surface area contributed by atoms with Gasteiger partial charge in [0, 0.05) is 52.4 Å². The molecule has 0 fully saturated rings. The minimum atomic E-state index is -0.414. The maximum atomic E-state index is 11.8. The summed E-state index contributed by atoms with van der Waals surface area (Å²) >= 11 is 0. The number of imidazole rings is 2. The molecule has 2 aromatic heterocycles. The Hall–Kier alpha value is -5.14. The Morgan fingerprint density at radius 3 is 1.68 bits per heavy atom. The first-order valence-corrected chi connectivity index (χ1v) is 14.0. The maximum absolute atomic E-state index is 11.8. The standard InChI is InChI=1S/2C15H19N3O4/c1-4-17(2)15(20)22-11-5-6-13-12(9-11)16-10-18(13)8-7-14(19)21-3;1-4-17(2)15(20)22-11-5-6-12-13(9-11)18(10-16-12)8-7-14(19)21-3/h2*5-6,9-10H,4,7-8H2,1-3H3. The highest BCUT2D eigenvalue weighted by atomic mass is 16.6. The summed E-state index contributed by atoms with van der Waals surface area (Å²) in [6.45, 7) is 5.82. The summed E-state index contributed by atoms with van der Waals surface area (Å²) < 4.78 is 23.5. The second-order valence-corrected chi connectivity index (χ2v) is 9.59. The lowest BCUT2D eigenvalue weighted by molar-refractivity contribution is -0.141. The molecule has 0 saturated heterocycles. The molecule has 0 aliphatic rings. The predicted molar refractivity (Wildman–Crippen MR) is 161 cm³/mol.